The van der Waals surface area contributed by atoms with Crippen LogP contribution >= 0.6 is 15.9 Å². The van der Waals surface area contributed by atoms with Gasteiger partial charge >= 0.3 is 0 Å². The SMILES string of the molecule is CC1CCC(C(Br)Cc2cccc3ccccc23)CC1. The van der Waals surface area contributed by atoms with Gasteiger partial charge in [0.1, 0.15) is 0 Å². The van der Waals surface area contributed by atoms with Crippen molar-refractivity contribution in [1.29, 1.82) is 0 Å². The van der Waals surface area contributed by atoms with Gasteiger partial charge in [0.15, 0.2) is 0 Å². The minimum Gasteiger partial charge on any atom is -0.0884 e. The number of fused-ring (bicyclic) bond motifs is 1. The lowest BCUT2D eigenvalue weighted by atomic mass is 9.80. The fourth-order valence-electron chi connectivity index (χ4n) is 3.49. The predicted molar refractivity (Wildman–Crippen MR) is 91.5 cm³/mol. The molecule has 0 amide bonds. The molecule has 0 aromatic heterocycles. The molecule has 0 N–H and O–H groups in total. The van der Waals surface area contributed by atoms with Crippen LogP contribution in [-0.4, -0.2) is 4.83 Å². The van der Waals surface area contributed by atoms with Crippen LogP contribution in [0.3, 0.4) is 0 Å². The maximum absolute atomic E-state index is 3.98. The van der Waals surface area contributed by atoms with E-state index in [0.717, 1.165) is 18.3 Å². The highest BCUT2D eigenvalue weighted by molar-refractivity contribution is 9.09. The van der Waals surface area contributed by atoms with Gasteiger partial charge in [-0.2, -0.15) is 0 Å². The Morgan fingerprint density at radius 2 is 1.70 bits per heavy atom. The molecule has 0 bridgehead atoms. The summed E-state index contributed by atoms with van der Waals surface area (Å²) in [7, 11) is 0. The molecule has 0 aliphatic heterocycles. The van der Waals surface area contributed by atoms with E-state index in [-0.39, 0.29) is 0 Å². The lowest BCUT2D eigenvalue weighted by molar-refractivity contribution is 0.286. The molecule has 106 valence electrons. The van der Waals surface area contributed by atoms with Crippen LogP contribution < -0.4 is 0 Å². The van der Waals surface area contributed by atoms with Gasteiger partial charge in [0.25, 0.3) is 0 Å². The van der Waals surface area contributed by atoms with Gasteiger partial charge < -0.3 is 0 Å². The average molecular weight is 331 g/mol. The van der Waals surface area contributed by atoms with Crippen LogP contribution in [0.15, 0.2) is 42.5 Å². The normalized spacial score (nSPS) is 24.7. The molecular weight excluding hydrogens is 308 g/mol. The van der Waals surface area contributed by atoms with Crippen LogP contribution in [0, 0.1) is 11.8 Å². The third-order valence-electron chi connectivity index (χ3n) is 4.87. The molecule has 1 atom stereocenters. The maximum atomic E-state index is 3.98. The molecule has 1 saturated carbocycles. The van der Waals surface area contributed by atoms with E-state index < -0.39 is 0 Å². The third-order valence-corrected chi connectivity index (χ3v) is 5.94. The van der Waals surface area contributed by atoms with Crippen molar-refractivity contribution < 1.29 is 0 Å². The summed E-state index contributed by atoms with van der Waals surface area (Å²) in [4.78, 5) is 0.626. The van der Waals surface area contributed by atoms with Gasteiger partial charge in [-0.25, -0.2) is 0 Å². The Morgan fingerprint density at radius 1 is 1.00 bits per heavy atom. The van der Waals surface area contributed by atoms with E-state index >= 15 is 0 Å². The van der Waals surface area contributed by atoms with Crippen LogP contribution in [0.5, 0.6) is 0 Å². The molecule has 2 aromatic carbocycles. The second-order valence-electron chi connectivity index (χ2n) is 6.38. The van der Waals surface area contributed by atoms with Gasteiger partial charge in [0.05, 0.1) is 0 Å². The molecule has 1 aliphatic rings. The molecule has 1 unspecified atom stereocenters. The van der Waals surface area contributed by atoms with Gasteiger partial charge in [0.2, 0.25) is 0 Å². The van der Waals surface area contributed by atoms with Gasteiger partial charge in [-0.1, -0.05) is 78.2 Å². The standard InChI is InChI=1S/C19H23Br/c1-14-9-11-16(12-10-14)19(20)13-17-7-4-6-15-5-2-3-8-18(15)17/h2-8,14,16,19H,9-13H2,1H3. The minimum atomic E-state index is 0.626. The van der Waals surface area contributed by atoms with E-state index in [1.54, 1.807) is 0 Å². The monoisotopic (exact) mass is 330 g/mol. The number of hydrogen-bond donors (Lipinski definition) is 0. The zero-order valence-corrected chi connectivity index (χ0v) is 13.8. The van der Waals surface area contributed by atoms with E-state index in [9.17, 15) is 0 Å². The smallest absolute Gasteiger partial charge is 0.0214 e. The molecule has 2 aromatic rings. The highest BCUT2D eigenvalue weighted by Crippen LogP contribution is 2.35. The van der Waals surface area contributed by atoms with Crippen LogP contribution in [-0.2, 0) is 6.42 Å². The Bertz CT molecular complexity index is 561. The maximum Gasteiger partial charge on any atom is 0.0214 e. The molecule has 0 nitrogen and oxygen atoms in total. The lowest BCUT2D eigenvalue weighted by Gasteiger charge is -2.30. The highest BCUT2D eigenvalue weighted by Gasteiger charge is 2.24. The molecule has 0 radical (unpaired) electrons. The Morgan fingerprint density at radius 3 is 2.50 bits per heavy atom. The summed E-state index contributed by atoms with van der Waals surface area (Å²) >= 11 is 3.98. The molecule has 0 heterocycles. The van der Waals surface area contributed by atoms with E-state index in [1.165, 1.54) is 42.0 Å². The molecule has 1 heteroatoms. The van der Waals surface area contributed by atoms with Crippen molar-refractivity contribution in [1.82, 2.24) is 0 Å². The summed E-state index contributed by atoms with van der Waals surface area (Å²) in [6, 6.07) is 15.4. The Labute approximate surface area is 130 Å². The van der Waals surface area contributed by atoms with Gasteiger partial charge in [0, 0.05) is 4.83 Å². The number of rotatable bonds is 3. The predicted octanol–water partition coefficient (Wildman–Crippen LogP) is 5.97. The van der Waals surface area contributed by atoms with Crippen molar-refractivity contribution in [2.45, 2.75) is 43.9 Å². The number of alkyl halides is 1. The number of benzene rings is 2. The highest BCUT2D eigenvalue weighted by atomic mass is 79.9. The molecular formula is C19H23Br. The first-order valence-corrected chi connectivity index (χ1v) is 8.76. The summed E-state index contributed by atoms with van der Waals surface area (Å²) in [5.74, 6) is 1.79. The average Bonchev–Trinajstić information content (AvgIpc) is 2.48. The summed E-state index contributed by atoms with van der Waals surface area (Å²) in [6.45, 7) is 2.39. The van der Waals surface area contributed by atoms with Crippen LogP contribution in [0.25, 0.3) is 10.8 Å². The van der Waals surface area contributed by atoms with Gasteiger partial charge in [-0.3, -0.25) is 0 Å². The Kier molecular flexibility index (Phi) is 4.45. The second kappa shape index (κ2) is 6.30. The first-order chi connectivity index (χ1) is 9.74. The van der Waals surface area contributed by atoms with Crippen LogP contribution in [0.4, 0.5) is 0 Å². The van der Waals surface area contributed by atoms with Crippen molar-refractivity contribution >= 4 is 26.7 Å². The fraction of sp³-hybridized carbons (Fsp3) is 0.474. The van der Waals surface area contributed by atoms with Crippen molar-refractivity contribution in [3.63, 3.8) is 0 Å². The molecule has 1 aliphatic carbocycles. The van der Waals surface area contributed by atoms with Crippen LogP contribution in [0.2, 0.25) is 0 Å². The zero-order valence-electron chi connectivity index (χ0n) is 12.2. The van der Waals surface area contributed by atoms with Gasteiger partial charge in [-0.05, 0) is 47.4 Å². The van der Waals surface area contributed by atoms with Gasteiger partial charge in [-0.15, -0.1) is 0 Å². The Hall–Kier alpha value is -0.820. The number of hydrogen-bond acceptors (Lipinski definition) is 0. The van der Waals surface area contributed by atoms with Crippen molar-refractivity contribution in [2.24, 2.45) is 11.8 Å². The van der Waals surface area contributed by atoms with E-state index in [1.807, 2.05) is 0 Å². The lowest BCUT2D eigenvalue weighted by Crippen LogP contribution is -2.22. The molecule has 1 fully saturated rings. The first-order valence-electron chi connectivity index (χ1n) is 7.85. The molecule has 20 heavy (non-hydrogen) atoms. The van der Waals surface area contributed by atoms with E-state index in [4.69, 9.17) is 0 Å². The quantitative estimate of drug-likeness (QED) is 0.608. The molecule has 3 rings (SSSR count). The summed E-state index contributed by atoms with van der Waals surface area (Å²) in [6.07, 6.45) is 6.74. The molecule has 0 saturated heterocycles. The summed E-state index contributed by atoms with van der Waals surface area (Å²) in [5.41, 5.74) is 1.49. The van der Waals surface area contributed by atoms with Crippen molar-refractivity contribution in [2.75, 3.05) is 0 Å². The fourth-order valence-corrected chi connectivity index (χ4v) is 4.37. The summed E-state index contributed by atoms with van der Waals surface area (Å²) < 4.78 is 0. The summed E-state index contributed by atoms with van der Waals surface area (Å²) in [5, 5.41) is 2.78. The van der Waals surface area contributed by atoms with Crippen molar-refractivity contribution in [3.8, 4) is 0 Å². The van der Waals surface area contributed by atoms with E-state index in [2.05, 4.69) is 65.3 Å². The zero-order chi connectivity index (χ0) is 13.9. The van der Waals surface area contributed by atoms with Crippen LogP contribution in [0.1, 0.15) is 38.2 Å². The topological polar surface area (TPSA) is 0 Å². The minimum absolute atomic E-state index is 0.626. The third kappa shape index (κ3) is 3.09. The first kappa shape index (κ1) is 14.1. The number of halogens is 1. The van der Waals surface area contributed by atoms with E-state index in [0.29, 0.717) is 4.83 Å². The second-order valence-corrected chi connectivity index (χ2v) is 7.55. The molecule has 0 spiro atoms. The Balaban J connectivity index is 1.76. The largest absolute Gasteiger partial charge is 0.0884 e. The van der Waals surface area contributed by atoms with Crippen molar-refractivity contribution in [3.05, 3.63) is 48.0 Å².